The minimum Gasteiger partial charge on any atom is -0.455 e. The molecule has 20 heavy (non-hydrogen) atoms. The first kappa shape index (κ1) is 14.5. The van der Waals surface area contributed by atoms with Gasteiger partial charge in [0.15, 0.2) is 11.8 Å². The molecule has 0 saturated carbocycles. The lowest BCUT2D eigenvalue weighted by Crippen LogP contribution is -2.21. The quantitative estimate of drug-likeness (QED) is 0.680. The number of nitrogens with zero attached hydrogens (tertiary/aromatic N) is 1. The summed E-state index contributed by atoms with van der Waals surface area (Å²) in [6.07, 6.45) is 1.67. The number of thiophene rings is 1. The van der Waals surface area contributed by atoms with E-state index in [1.807, 2.05) is 16.8 Å². The molecule has 104 valence electrons. The fraction of sp³-hybridized carbons (Fsp3) is 0.154. The second-order valence-corrected chi connectivity index (χ2v) is 5.00. The Morgan fingerprint density at radius 2 is 2.25 bits per heavy atom. The maximum absolute atomic E-state index is 11.6. The monoisotopic (exact) mass is 310 g/mol. The number of amides is 1. The Labute approximate surface area is 124 Å². The highest BCUT2D eigenvalue weighted by molar-refractivity contribution is 7.07. The predicted octanol–water partition coefficient (Wildman–Crippen LogP) is 2.52. The molecule has 2 aromatic heterocycles. The zero-order valence-electron chi connectivity index (χ0n) is 10.3. The van der Waals surface area contributed by atoms with E-state index in [2.05, 4.69) is 10.3 Å². The van der Waals surface area contributed by atoms with Gasteiger partial charge in [0.05, 0.1) is 12.1 Å². The molecule has 2 aromatic rings. The van der Waals surface area contributed by atoms with Crippen LogP contribution in [0, 0.1) is 0 Å². The van der Waals surface area contributed by atoms with Crippen LogP contribution in [0.15, 0.2) is 35.2 Å². The van der Waals surface area contributed by atoms with Crippen LogP contribution >= 0.6 is 22.9 Å². The molecule has 2 rings (SSSR count). The van der Waals surface area contributed by atoms with E-state index in [4.69, 9.17) is 16.3 Å². The van der Waals surface area contributed by atoms with E-state index in [0.717, 1.165) is 5.56 Å². The molecule has 0 aliphatic rings. The van der Waals surface area contributed by atoms with Crippen molar-refractivity contribution in [3.8, 4) is 0 Å². The average Bonchev–Trinajstić information content (AvgIpc) is 2.92. The van der Waals surface area contributed by atoms with Crippen LogP contribution in [0.25, 0.3) is 0 Å². The van der Waals surface area contributed by atoms with Crippen molar-refractivity contribution in [3.63, 3.8) is 0 Å². The van der Waals surface area contributed by atoms with Crippen LogP contribution in [0.5, 0.6) is 0 Å². The highest BCUT2D eigenvalue weighted by Gasteiger charge is 2.10. The van der Waals surface area contributed by atoms with E-state index in [0.29, 0.717) is 5.69 Å². The van der Waals surface area contributed by atoms with Gasteiger partial charge in [0.25, 0.3) is 5.91 Å². The second kappa shape index (κ2) is 7.02. The highest BCUT2D eigenvalue weighted by Crippen LogP contribution is 2.17. The molecule has 7 heteroatoms. The van der Waals surface area contributed by atoms with Crippen LogP contribution in [-0.4, -0.2) is 23.5 Å². The lowest BCUT2D eigenvalue weighted by atomic mass is 10.2. The standard InChI is InChI=1S/C13H11ClN2O3S/c14-13-10(2-1-4-15-13)16-11(17)7-19-12(18)6-9-3-5-20-8-9/h1-5,8H,6-7H2,(H,16,17). The maximum Gasteiger partial charge on any atom is 0.310 e. The molecule has 0 spiro atoms. The Morgan fingerprint density at radius 1 is 1.40 bits per heavy atom. The SMILES string of the molecule is O=C(COC(=O)Cc1ccsc1)Nc1cccnc1Cl. The smallest absolute Gasteiger partial charge is 0.310 e. The largest absolute Gasteiger partial charge is 0.455 e. The van der Waals surface area contributed by atoms with Crippen LogP contribution in [0.1, 0.15) is 5.56 Å². The zero-order chi connectivity index (χ0) is 14.4. The first-order valence-electron chi connectivity index (χ1n) is 5.72. The third kappa shape index (κ3) is 4.32. The summed E-state index contributed by atoms with van der Waals surface area (Å²) in [5.74, 6) is -0.908. The van der Waals surface area contributed by atoms with Gasteiger partial charge in [-0.2, -0.15) is 11.3 Å². The van der Waals surface area contributed by atoms with Crippen molar-refractivity contribution < 1.29 is 14.3 Å². The number of rotatable bonds is 5. The minimum absolute atomic E-state index is 0.157. The summed E-state index contributed by atoms with van der Waals surface area (Å²) in [6.45, 7) is -0.353. The maximum atomic E-state index is 11.6. The van der Waals surface area contributed by atoms with Crippen LogP contribution in [0.4, 0.5) is 5.69 Å². The molecular formula is C13H11ClN2O3S. The van der Waals surface area contributed by atoms with Gasteiger partial charge in [0.2, 0.25) is 0 Å². The number of carbonyl (C=O) groups is 2. The predicted molar refractivity (Wildman–Crippen MR) is 76.9 cm³/mol. The summed E-state index contributed by atoms with van der Waals surface area (Å²) < 4.78 is 4.88. The van der Waals surface area contributed by atoms with Crippen molar-refractivity contribution >= 4 is 40.5 Å². The van der Waals surface area contributed by atoms with Crippen molar-refractivity contribution in [1.29, 1.82) is 0 Å². The molecule has 0 unspecified atom stereocenters. The third-order valence-electron chi connectivity index (χ3n) is 2.33. The molecule has 1 amide bonds. The molecule has 0 fully saturated rings. The van der Waals surface area contributed by atoms with Crippen LogP contribution in [0.2, 0.25) is 5.15 Å². The lowest BCUT2D eigenvalue weighted by Gasteiger charge is -2.07. The summed E-state index contributed by atoms with van der Waals surface area (Å²) in [6, 6.07) is 5.09. The van der Waals surface area contributed by atoms with Crippen molar-refractivity contribution in [2.45, 2.75) is 6.42 Å². The van der Waals surface area contributed by atoms with E-state index in [1.54, 1.807) is 12.1 Å². The molecule has 2 heterocycles. The topological polar surface area (TPSA) is 68.3 Å². The van der Waals surface area contributed by atoms with Gasteiger partial charge < -0.3 is 10.1 Å². The van der Waals surface area contributed by atoms with Crippen molar-refractivity contribution in [1.82, 2.24) is 4.98 Å². The van der Waals surface area contributed by atoms with Gasteiger partial charge in [-0.25, -0.2) is 4.98 Å². The van der Waals surface area contributed by atoms with Crippen LogP contribution in [0.3, 0.4) is 0 Å². The lowest BCUT2D eigenvalue weighted by molar-refractivity contribution is -0.146. The fourth-order valence-corrected chi connectivity index (χ4v) is 2.26. The van der Waals surface area contributed by atoms with E-state index < -0.39 is 11.9 Å². The van der Waals surface area contributed by atoms with Gasteiger partial charge in [0.1, 0.15) is 0 Å². The van der Waals surface area contributed by atoms with Gasteiger partial charge in [-0.05, 0) is 34.5 Å². The highest BCUT2D eigenvalue weighted by atomic mass is 35.5. The molecule has 1 N–H and O–H groups in total. The normalized spacial score (nSPS) is 10.1. The number of hydrogen-bond acceptors (Lipinski definition) is 5. The Bertz CT molecular complexity index is 601. The zero-order valence-corrected chi connectivity index (χ0v) is 11.9. The van der Waals surface area contributed by atoms with E-state index in [1.165, 1.54) is 17.5 Å². The number of esters is 1. The van der Waals surface area contributed by atoms with E-state index in [9.17, 15) is 9.59 Å². The number of carbonyl (C=O) groups excluding carboxylic acids is 2. The summed E-state index contributed by atoms with van der Waals surface area (Å²) in [5, 5.41) is 6.43. The van der Waals surface area contributed by atoms with Crippen molar-refractivity contribution in [2.24, 2.45) is 0 Å². The Kier molecular flexibility index (Phi) is 5.09. The third-order valence-corrected chi connectivity index (χ3v) is 3.36. The molecule has 0 aromatic carbocycles. The number of halogens is 1. The molecule has 0 aliphatic heterocycles. The van der Waals surface area contributed by atoms with Crippen molar-refractivity contribution in [2.75, 3.05) is 11.9 Å². The van der Waals surface area contributed by atoms with Crippen LogP contribution < -0.4 is 5.32 Å². The first-order chi connectivity index (χ1) is 9.65. The Hall–Kier alpha value is -1.92. The summed E-state index contributed by atoms with van der Waals surface area (Å²) in [7, 11) is 0. The number of hydrogen-bond donors (Lipinski definition) is 1. The molecule has 0 saturated heterocycles. The van der Waals surface area contributed by atoms with Gasteiger partial charge >= 0.3 is 5.97 Å². The van der Waals surface area contributed by atoms with Crippen LogP contribution in [-0.2, 0) is 20.7 Å². The fourth-order valence-electron chi connectivity index (χ4n) is 1.42. The molecule has 0 radical (unpaired) electrons. The number of ether oxygens (including phenoxy) is 1. The van der Waals surface area contributed by atoms with Crippen molar-refractivity contribution in [3.05, 3.63) is 45.9 Å². The van der Waals surface area contributed by atoms with E-state index >= 15 is 0 Å². The number of pyridine rings is 1. The Balaban J connectivity index is 1.78. The second-order valence-electron chi connectivity index (χ2n) is 3.86. The average molecular weight is 311 g/mol. The number of nitrogens with one attached hydrogen (secondary N) is 1. The summed E-state index contributed by atoms with van der Waals surface area (Å²) in [5.41, 5.74) is 1.25. The van der Waals surface area contributed by atoms with Gasteiger partial charge in [-0.1, -0.05) is 11.6 Å². The Morgan fingerprint density at radius 3 is 2.95 bits per heavy atom. The first-order valence-corrected chi connectivity index (χ1v) is 7.04. The number of aromatic nitrogens is 1. The molecule has 5 nitrogen and oxygen atoms in total. The minimum atomic E-state index is -0.460. The molecule has 0 atom stereocenters. The van der Waals surface area contributed by atoms with Gasteiger partial charge in [-0.3, -0.25) is 9.59 Å². The molecular weight excluding hydrogens is 300 g/mol. The summed E-state index contributed by atoms with van der Waals surface area (Å²) in [4.78, 5) is 26.9. The number of anilines is 1. The van der Waals surface area contributed by atoms with Gasteiger partial charge in [-0.15, -0.1) is 0 Å². The summed E-state index contributed by atoms with van der Waals surface area (Å²) >= 11 is 7.29. The van der Waals surface area contributed by atoms with E-state index in [-0.39, 0.29) is 18.2 Å². The molecule has 0 aliphatic carbocycles. The van der Waals surface area contributed by atoms with Gasteiger partial charge in [0, 0.05) is 6.20 Å². The molecule has 0 bridgehead atoms.